The Morgan fingerprint density at radius 1 is 1.37 bits per heavy atom. The predicted octanol–water partition coefficient (Wildman–Crippen LogP) is 4.49. The van der Waals surface area contributed by atoms with Gasteiger partial charge in [0.2, 0.25) is 0 Å². The molecule has 0 bridgehead atoms. The second-order valence-corrected chi connectivity index (χ2v) is 3.96. The van der Waals surface area contributed by atoms with Crippen LogP contribution in [0.2, 0.25) is 0 Å². The molecule has 0 aliphatic rings. The highest BCUT2D eigenvalue weighted by Crippen LogP contribution is 2.32. The molecule has 0 fully saturated rings. The van der Waals surface area contributed by atoms with E-state index in [2.05, 4.69) is 5.16 Å². The van der Waals surface area contributed by atoms with Crippen LogP contribution in [0.3, 0.4) is 0 Å². The normalized spacial score (nSPS) is 13.8. The average Bonchev–Trinajstić information content (AvgIpc) is 2.31. The van der Waals surface area contributed by atoms with E-state index in [1.807, 2.05) is 0 Å². The van der Waals surface area contributed by atoms with E-state index in [4.69, 9.17) is 5.21 Å². The molecule has 1 N–H and O–H groups in total. The van der Waals surface area contributed by atoms with Crippen LogP contribution in [0.1, 0.15) is 31.4 Å². The highest BCUT2D eigenvalue weighted by Gasteiger charge is 2.34. The van der Waals surface area contributed by atoms with Crippen molar-refractivity contribution < 1.29 is 22.8 Å². The summed E-state index contributed by atoms with van der Waals surface area (Å²) in [4.78, 5) is 0. The lowest BCUT2D eigenvalue weighted by Crippen LogP contribution is -2.08. The van der Waals surface area contributed by atoms with Gasteiger partial charge in [-0.1, -0.05) is 24.2 Å². The van der Waals surface area contributed by atoms with E-state index in [1.165, 1.54) is 12.1 Å². The minimum atomic E-state index is -4.74. The largest absolute Gasteiger partial charge is 0.419 e. The summed E-state index contributed by atoms with van der Waals surface area (Å²) in [6, 6.07) is 2.73. The minimum Gasteiger partial charge on any atom is -0.411 e. The average molecular weight is 275 g/mol. The van der Waals surface area contributed by atoms with Crippen molar-refractivity contribution in [3.8, 4) is 0 Å². The summed E-state index contributed by atoms with van der Waals surface area (Å²) in [7, 11) is 0. The highest BCUT2D eigenvalue weighted by atomic mass is 19.4. The standard InChI is InChI=1S/C13H13F4NO/c1-3-12(18-19)8(2)6-9-4-5-11(14)10(7-9)13(15,16)17/h4-7,19H,3H2,1-2H3/b8-6+,18-12+. The number of oxime groups is 1. The van der Waals surface area contributed by atoms with Crippen LogP contribution in [-0.4, -0.2) is 10.9 Å². The number of hydrogen-bond acceptors (Lipinski definition) is 2. The van der Waals surface area contributed by atoms with Gasteiger partial charge in [0.15, 0.2) is 0 Å². The lowest BCUT2D eigenvalue weighted by molar-refractivity contribution is -0.140. The lowest BCUT2D eigenvalue weighted by Gasteiger charge is -2.09. The molecule has 19 heavy (non-hydrogen) atoms. The van der Waals surface area contributed by atoms with Crippen LogP contribution >= 0.6 is 0 Å². The Kier molecular flexibility index (Phi) is 4.69. The van der Waals surface area contributed by atoms with Crippen molar-refractivity contribution in [3.05, 3.63) is 40.7 Å². The van der Waals surface area contributed by atoms with Crippen LogP contribution in [0.25, 0.3) is 6.08 Å². The topological polar surface area (TPSA) is 32.6 Å². The Morgan fingerprint density at radius 3 is 2.47 bits per heavy atom. The van der Waals surface area contributed by atoms with Crippen LogP contribution < -0.4 is 0 Å². The molecule has 0 atom stereocenters. The first kappa shape index (κ1) is 15.2. The third kappa shape index (κ3) is 3.81. The van der Waals surface area contributed by atoms with Crippen LogP contribution in [0, 0.1) is 5.82 Å². The maximum Gasteiger partial charge on any atom is 0.419 e. The molecular weight excluding hydrogens is 262 g/mol. The van der Waals surface area contributed by atoms with Crippen LogP contribution in [0.5, 0.6) is 0 Å². The number of halogens is 4. The molecule has 0 aliphatic heterocycles. The first-order chi connectivity index (χ1) is 8.79. The maximum atomic E-state index is 13.1. The summed E-state index contributed by atoms with van der Waals surface area (Å²) < 4.78 is 50.7. The Hall–Kier alpha value is -1.85. The van der Waals surface area contributed by atoms with Crippen molar-refractivity contribution in [1.29, 1.82) is 0 Å². The monoisotopic (exact) mass is 275 g/mol. The fourth-order valence-corrected chi connectivity index (χ4v) is 1.61. The second-order valence-electron chi connectivity index (χ2n) is 3.96. The summed E-state index contributed by atoms with van der Waals surface area (Å²) >= 11 is 0. The van der Waals surface area contributed by atoms with Gasteiger partial charge in [0.25, 0.3) is 0 Å². The SMILES string of the molecule is CCC(=N\O)/C(C)=C/c1ccc(F)c(C(F)(F)F)c1. The van der Waals surface area contributed by atoms with Crippen molar-refractivity contribution >= 4 is 11.8 Å². The van der Waals surface area contributed by atoms with Gasteiger partial charge in [0.05, 0.1) is 11.3 Å². The van der Waals surface area contributed by atoms with E-state index in [-0.39, 0.29) is 5.56 Å². The van der Waals surface area contributed by atoms with Gasteiger partial charge < -0.3 is 5.21 Å². The molecule has 0 heterocycles. The van der Waals surface area contributed by atoms with Gasteiger partial charge in [-0.05, 0) is 36.6 Å². The Labute approximate surface area is 108 Å². The Bertz CT molecular complexity index is 518. The van der Waals surface area contributed by atoms with Gasteiger partial charge >= 0.3 is 6.18 Å². The molecule has 0 saturated heterocycles. The number of rotatable bonds is 3. The molecule has 0 spiro atoms. The molecule has 0 aromatic heterocycles. The summed E-state index contributed by atoms with van der Waals surface area (Å²) in [6.07, 6.45) is -2.89. The number of allylic oxidation sites excluding steroid dienone is 1. The Balaban J connectivity index is 3.21. The summed E-state index contributed by atoms with van der Waals surface area (Å²) in [5.41, 5.74) is -0.239. The molecule has 104 valence electrons. The molecule has 0 unspecified atom stereocenters. The van der Waals surface area contributed by atoms with E-state index in [1.54, 1.807) is 13.8 Å². The number of alkyl halides is 3. The number of nitrogens with zero attached hydrogens (tertiary/aromatic N) is 1. The van der Waals surface area contributed by atoms with Crippen LogP contribution in [0.15, 0.2) is 28.9 Å². The van der Waals surface area contributed by atoms with Crippen molar-refractivity contribution in [2.45, 2.75) is 26.4 Å². The minimum absolute atomic E-state index is 0.195. The zero-order chi connectivity index (χ0) is 14.6. The number of benzene rings is 1. The van der Waals surface area contributed by atoms with Gasteiger partial charge in [0.1, 0.15) is 5.82 Å². The van der Waals surface area contributed by atoms with Crippen molar-refractivity contribution in [1.82, 2.24) is 0 Å². The fraction of sp³-hybridized carbons (Fsp3) is 0.308. The van der Waals surface area contributed by atoms with Crippen LogP contribution in [0.4, 0.5) is 17.6 Å². The van der Waals surface area contributed by atoms with Gasteiger partial charge in [-0.15, -0.1) is 0 Å². The molecular formula is C13H13F4NO. The van der Waals surface area contributed by atoms with E-state index < -0.39 is 17.6 Å². The molecule has 0 amide bonds. The second kappa shape index (κ2) is 5.86. The van der Waals surface area contributed by atoms with Crippen molar-refractivity contribution in [3.63, 3.8) is 0 Å². The molecule has 0 aliphatic carbocycles. The van der Waals surface area contributed by atoms with Crippen molar-refractivity contribution in [2.24, 2.45) is 5.16 Å². The zero-order valence-electron chi connectivity index (χ0n) is 10.4. The van der Waals surface area contributed by atoms with Gasteiger partial charge in [-0.25, -0.2) is 4.39 Å². The third-order valence-corrected chi connectivity index (χ3v) is 2.59. The molecule has 0 radical (unpaired) electrons. The highest BCUT2D eigenvalue weighted by molar-refractivity contribution is 6.02. The van der Waals surface area contributed by atoms with Crippen molar-refractivity contribution in [2.75, 3.05) is 0 Å². The van der Waals surface area contributed by atoms with Gasteiger partial charge in [-0.3, -0.25) is 0 Å². The number of hydrogen-bond donors (Lipinski definition) is 1. The maximum absolute atomic E-state index is 13.1. The van der Waals surface area contributed by atoms with E-state index >= 15 is 0 Å². The molecule has 1 rings (SSSR count). The molecule has 1 aromatic carbocycles. The molecule has 2 nitrogen and oxygen atoms in total. The Morgan fingerprint density at radius 2 is 2.00 bits per heavy atom. The summed E-state index contributed by atoms with van der Waals surface area (Å²) in [5.74, 6) is -1.31. The first-order valence-electron chi connectivity index (χ1n) is 5.56. The lowest BCUT2D eigenvalue weighted by atomic mass is 10.0. The van der Waals surface area contributed by atoms with Crippen LogP contribution in [-0.2, 0) is 6.18 Å². The predicted molar refractivity (Wildman–Crippen MR) is 64.6 cm³/mol. The van der Waals surface area contributed by atoms with E-state index in [9.17, 15) is 17.6 Å². The third-order valence-electron chi connectivity index (χ3n) is 2.59. The summed E-state index contributed by atoms with van der Waals surface area (Å²) in [5, 5.41) is 11.8. The fourth-order valence-electron chi connectivity index (χ4n) is 1.61. The van der Waals surface area contributed by atoms with Gasteiger partial charge in [-0.2, -0.15) is 13.2 Å². The summed E-state index contributed by atoms with van der Waals surface area (Å²) in [6.45, 7) is 3.35. The molecule has 1 aromatic rings. The smallest absolute Gasteiger partial charge is 0.411 e. The molecule has 0 saturated carbocycles. The van der Waals surface area contributed by atoms with E-state index in [0.717, 1.165) is 12.1 Å². The zero-order valence-corrected chi connectivity index (χ0v) is 10.4. The van der Waals surface area contributed by atoms with Gasteiger partial charge in [0, 0.05) is 0 Å². The quantitative estimate of drug-likeness (QED) is 0.375. The molecule has 6 heteroatoms. The van der Waals surface area contributed by atoms with E-state index in [0.29, 0.717) is 17.7 Å². The first-order valence-corrected chi connectivity index (χ1v) is 5.56.